The van der Waals surface area contributed by atoms with Crippen LogP contribution in [0.1, 0.15) is 19.3 Å². The highest BCUT2D eigenvalue weighted by atomic mass is 16.5. The van der Waals surface area contributed by atoms with Gasteiger partial charge in [0, 0.05) is 26.8 Å². The molecule has 5 heteroatoms. The first-order chi connectivity index (χ1) is 8.34. The summed E-state index contributed by atoms with van der Waals surface area (Å²) in [4.78, 5) is 13.6. The number of nitrogens with zero attached hydrogens (tertiary/aromatic N) is 1. The van der Waals surface area contributed by atoms with Crippen LogP contribution in [0.4, 0.5) is 0 Å². The second-order valence-corrected chi connectivity index (χ2v) is 4.22. The molecule has 1 amide bonds. The van der Waals surface area contributed by atoms with Crippen LogP contribution in [0, 0.1) is 0 Å². The first kappa shape index (κ1) is 14.4. The molecule has 0 aliphatic carbocycles. The Morgan fingerprint density at radius 3 is 2.76 bits per heavy atom. The van der Waals surface area contributed by atoms with Crippen molar-refractivity contribution in [3.05, 3.63) is 0 Å². The summed E-state index contributed by atoms with van der Waals surface area (Å²) in [6.07, 6.45) is 3.34. The van der Waals surface area contributed by atoms with Gasteiger partial charge in [-0.2, -0.15) is 0 Å². The zero-order valence-corrected chi connectivity index (χ0v) is 10.7. The fourth-order valence-electron chi connectivity index (χ4n) is 1.79. The van der Waals surface area contributed by atoms with E-state index in [0.29, 0.717) is 19.8 Å². The lowest BCUT2D eigenvalue weighted by Gasteiger charge is -2.26. The molecule has 1 rings (SSSR count). The van der Waals surface area contributed by atoms with E-state index in [-0.39, 0.29) is 5.91 Å². The molecule has 1 heterocycles. The van der Waals surface area contributed by atoms with Gasteiger partial charge in [0.05, 0.1) is 19.8 Å². The lowest BCUT2D eigenvalue weighted by Crippen LogP contribution is -2.44. The van der Waals surface area contributed by atoms with Crippen LogP contribution >= 0.6 is 0 Å². The Morgan fingerprint density at radius 2 is 2.06 bits per heavy atom. The summed E-state index contributed by atoms with van der Waals surface area (Å²) in [6, 6.07) is 0. The van der Waals surface area contributed by atoms with E-state index in [2.05, 4.69) is 5.32 Å². The maximum Gasteiger partial charge on any atom is 0.236 e. The Labute approximate surface area is 103 Å². The predicted molar refractivity (Wildman–Crippen MR) is 66.0 cm³/mol. The van der Waals surface area contributed by atoms with Crippen LogP contribution in [0.3, 0.4) is 0 Å². The van der Waals surface area contributed by atoms with Crippen molar-refractivity contribution in [2.75, 3.05) is 53.1 Å². The average Bonchev–Trinajstić information content (AvgIpc) is 2.38. The molecular formula is C12H24N2O3. The highest BCUT2D eigenvalue weighted by Crippen LogP contribution is 1.97. The van der Waals surface area contributed by atoms with Crippen molar-refractivity contribution in [1.29, 1.82) is 0 Å². The number of carbonyl (C=O) groups excluding carboxylic acids is 1. The zero-order valence-electron chi connectivity index (χ0n) is 10.7. The number of morpholine rings is 1. The third kappa shape index (κ3) is 6.61. The molecule has 17 heavy (non-hydrogen) atoms. The first-order valence-corrected chi connectivity index (χ1v) is 6.40. The van der Waals surface area contributed by atoms with E-state index in [9.17, 15) is 4.79 Å². The number of carbonyl (C=O) groups is 1. The van der Waals surface area contributed by atoms with Gasteiger partial charge in [0.15, 0.2) is 0 Å². The molecule has 5 nitrogen and oxygen atoms in total. The summed E-state index contributed by atoms with van der Waals surface area (Å²) in [5.74, 6) is 0.185. The molecular weight excluding hydrogens is 220 g/mol. The predicted octanol–water partition coefficient (Wildman–Crippen LogP) is 0.252. The Hall–Kier alpha value is -0.650. The average molecular weight is 244 g/mol. The Bertz CT molecular complexity index is 206. The van der Waals surface area contributed by atoms with Crippen LogP contribution in [0.5, 0.6) is 0 Å². The van der Waals surface area contributed by atoms with Crippen LogP contribution in [-0.4, -0.2) is 63.9 Å². The molecule has 0 saturated carbocycles. The van der Waals surface area contributed by atoms with Gasteiger partial charge >= 0.3 is 0 Å². The quantitative estimate of drug-likeness (QED) is 0.622. The standard InChI is InChI=1S/C12H24N2O3/c1-16-8-4-2-3-5-13-11-12(15)14-6-9-17-10-7-14/h13H,2-11H2,1H3. The number of hydrogen-bond acceptors (Lipinski definition) is 4. The van der Waals surface area contributed by atoms with Gasteiger partial charge in [0.25, 0.3) is 0 Å². The monoisotopic (exact) mass is 244 g/mol. The third-order valence-corrected chi connectivity index (χ3v) is 2.84. The maximum absolute atomic E-state index is 11.7. The molecule has 0 aromatic carbocycles. The van der Waals surface area contributed by atoms with Gasteiger partial charge in [0.1, 0.15) is 0 Å². The van der Waals surface area contributed by atoms with Crippen molar-refractivity contribution in [3.8, 4) is 0 Å². The van der Waals surface area contributed by atoms with Gasteiger partial charge in [-0.1, -0.05) is 0 Å². The van der Waals surface area contributed by atoms with E-state index >= 15 is 0 Å². The van der Waals surface area contributed by atoms with E-state index in [1.54, 1.807) is 7.11 Å². The molecule has 1 saturated heterocycles. The molecule has 0 aromatic heterocycles. The molecule has 0 unspecified atom stereocenters. The molecule has 0 spiro atoms. The largest absolute Gasteiger partial charge is 0.385 e. The second-order valence-electron chi connectivity index (χ2n) is 4.22. The smallest absolute Gasteiger partial charge is 0.236 e. The molecule has 0 atom stereocenters. The molecule has 1 N–H and O–H groups in total. The summed E-state index contributed by atoms with van der Waals surface area (Å²) in [7, 11) is 1.72. The number of rotatable bonds is 8. The van der Waals surface area contributed by atoms with Crippen molar-refractivity contribution < 1.29 is 14.3 Å². The van der Waals surface area contributed by atoms with E-state index in [4.69, 9.17) is 9.47 Å². The highest BCUT2D eigenvalue weighted by Gasteiger charge is 2.15. The van der Waals surface area contributed by atoms with Gasteiger partial charge in [0.2, 0.25) is 5.91 Å². The van der Waals surface area contributed by atoms with Crippen LogP contribution in [0.15, 0.2) is 0 Å². The minimum atomic E-state index is 0.185. The maximum atomic E-state index is 11.7. The van der Waals surface area contributed by atoms with Crippen molar-refractivity contribution in [1.82, 2.24) is 10.2 Å². The number of nitrogens with one attached hydrogen (secondary N) is 1. The molecule has 1 aliphatic rings. The third-order valence-electron chi connectivity index (χ3n) is 2.84. The second kappa shape index (κ2) is 9.39. The van der Waals surface area contributed by atoms with Crippen molar-refractivity contribution in [3.63, 3.8) is 0 Å². The molecule has 0 bridgehead atoms. The number of unbranched alkanes of at least 4 members (excludes halogenated alkanes) is 2. The SMILES string of the molecule is COCCCCCNCC(=O)N1CCOCC1. The van der Waals surface area contributed by atoms with E-state index in [1.807, 2.05) is 4.90 Å². The van der Waals surface area contributed by atoms with Crippen molar-refractivity contribution in [2.24, 2.45) is 0 Å². The van der Waals surface area contributed by atoms with Gasteiger partial charge in [-0.05, 0) is 25.8 Å². The van der Waals surface area contributed by atoms with E-state index in [0.717, 1.165) is 45.5 Å². The summed E-state index contributed by atoms with van der Waals surface area (Å²) < 4.78 is 10.2. The number of methoxy groups -OCH3 is 1. The summed E-state index contributed by atoms with van der Waals surface area (Å²) in [5, 5.41) is 3.19. The number of amides is 1. The molecule has 100 valence electrons. The van der Waals surface area contributed by atoms with Gasteiger partial charge in [-0.3, -0.25) is 4.79 Å². The van der Waals surface area contributed by atoms with Crippen LogP contribution in [-0.2, 0) is 14.3 Å². The van der Waals surface area contributed by atoms with Crippen LogP contribution in [0.25, 0.3) is 0 Å². The normalized spacial score (nSPS) is 16.2. The summed E-state index contributed by atoms with van der Waals surface area (Å²) in [5.41, 5.74) is 0. The highest BCUT2D eigenvalue weighted by molar-refractivity contribution is 5.78. The molecule has 1 fully saturated rings. The lowest BCUT2D eigenvalue weighted by molar-refractivity contribution is -0.134. The fourth-order valence-corrected chi connectivity index (χ4v) is 1.79. The van der Waals surface area contributed by atoms with Crippen LogP contribution < -0.4 is 5.32 Å². The molecule has 1 aliphatic heterocycles. The van der Waals surface area contributed by atoms with Crippen LogP contribution in [0.2, 0.25) is 0 Å². The Kier molecular flexibility index (Phi) is 7.96. The summed E-state index contributed by atoms with van der Waals surface area (Å²) in [6.45, 7) is 4.98. The Balaban J connectivity index is 1.92. The van der Waals surface area contributed by atoms with E-state index < -0.39 is 0 Å². The topological polar surface area (TPSA) is 50.8 Å². The van der Waals surface area contributed by atoms with Gasteiger partial charge < -0.3 is 19.7 Å². The van der Waals surface area contributed by atoms with Crippen molar-refractivity contribution >= 4 is 5.91 Å². The number of hydrogen-bond donors (Lipinski definition) is 1. The molecule has 0 radical (unpaired) electrons. The zero-order chi connectivity index (χ0) is 12.3. The number of ether oxygens (including phenoxy) is 2. The minimum Gasteiger partial charge on any atom is -0.385 e. The Morgan fingerprint density at radius 1 is 1.29 bits per heavy atom. The lowest BCUT2D eigenvalue weighted by atomic mass is 10.2. The summed E-state index contributed by atoms with van der Waals surface area (Å²) >= 11 is 0. The van der Waals surface area contributed by atoms with Crippen molar-refractivity contribution in [2.45, 2.75) is 19.3 Å². The van der Waals surface area contributed by atoms with Gasteiger partial charge in [-0.15, -0.1) is 0 Å². The fraction of sp³-hybridized carbons (Fsp3) is 0.917. The van der Waals surface area contributed by atoms with Gasteiger partial charge in [-0.25, -0.2) is 0 Å². The minimum absolute atomic E-state index is 0.185. The molecule has 0 aromatic rings. The van der Waals surface area contributed by atoms with E-state index in [1.165, 1.54) is 0 Å². The first-order valence-electron chi connectivity index (χ1n) is 6.40.